The normalized spacial score (nSPS) is 13.4. The van der Waals surface area contributed by atoms with Crippen LogP contribution >= 0.6 is 27.3 Å². The van der Waals surface area contributed by atoms with Crippen molar-refractivity contribution >= 4 is 27.3 Å². The van der Waals surface area contributed by atoms with Crippen LogP contribution in [0.1, 0.15) is 18.2 Å². The first-order valence-electron chi connectivity index (χ1n) is 4.88. The van der Waals surface area contributed by atoms with E-state index in [4.69, 9.17) is 0 Å². The van der Waals surface area contributed by atoms with Crippen molar-refractivity contribution in [2.24, 2.45) is 0 Å². The Hall–Kier alpha value is -0.0000000000000000833. The van der Waals surface area contributed by atoms with Crippen LogP contribution < -0.4 is 5.32 Å². The third-order valence-electron chi connectivity index (χ3n) is 2.00. The van der Waals surface area contributed by atoms with Crippen LogP contribution in [0.15, 0.2) is 15.9 Å². The van der Waals surface area contributed by atoms with Crippen LogP contribution in [-0.2, 0) is 6.42 Å². The molecule has 1 nitrogen and oxygen atoms in total. The van der Waals surface area contributed by atoms with Gasteiger partial charge in [-0.3, -0.25) is 0 Å². The van der Waals surface area contributed by atoms with Gasteiger partial charge in [0.2, 0.25) is 0 Å². The van der Waals surface area contributed by atoms with E-state index < -0.39 is 12.5 Å². The highest BCUT2D eigenvalue weighted by Gasteiger charge is 2.20. The lowest BCUT2D eigenvalue weighted by molar-refractivity contribution is 0.0986. The third kappa shape index (κ3) is 4.57. The molecule has 0 saturated heterocycles. The highest BCUT2D eigenvalue weighted by Crippen LogP contribution is 2.22. The Bertz CT molecular complexity index is 291. The topological polar surface area (TPSA) is 12.0 Å². The van der Waals surface area contributed by atoms with Gasteiger partial charge in [-0.05, 0) is 35.0 Å². The lowest BCUT2D eigenvalue weighted by Gasteiger charge is -2.16. The summed E-state index contributed by atoms with van der Waals surface area (Å²) < 4.78 is 26.3. The van der Waals surface area contributed by atoms with Crippen LogP contribution in [0.3, 0.4) is 0 Å². The van der Waals surface area contributed by atoms with E-state index in [9.17, 15) is 8.78 Å². The molecule has 1 aromatic heterocycles. The van der Waals surface area contributed by atoms with E-state index >= 15 is 0 Å². The lowest BCUT2D eigenvalue weighted by Crippen LogP contribution is -2.37. The molecular weight excluding hydrogens is 284 g/mol. The lowest BCUT2D eigenvalue weighted by atomic mass is 10.2. The first-order chi connectivity index (χ1) is 7.13. The van der Waals surface area contributed by atoms with E-state index in [1.165, 1.54) is 11.3 Å². The second-order valence-electron chi connectivity index (χ2n) is 3.33. The maximum absolute atomic E-state index is 12.6. The number of nitrogens with one attached hydrogen (secondary N) is 1. The van der Waals surface area contributed by atoms with E-state index in [0.29, 0.717) is 13.0 Å². The standard InChI is InChI=1S/C10H14BrF2NS/c1-2-3-14-9(10(12)13)5-8-4-7(11)6-15-8/h4,6,9-10,14H,2-3,5H2,1H3. The number of thiophene rings is 1. The van der Waals surface area contributed by atoms with Gasteiger partial charge in [-0.15, -0.1) is 11.3 Å². The van der Waals surface area contributed by atoms with E-state index in [1.807, 2.05) is 18.4 Å². The van der Waals surface area contributed by atoms with Gasteiger partial charge in [-0.2, -0.15) is 0 Å². The van der Waals surface area contributed by atoms with Gasteiger partial charge in [0.05, 0.1) is 6.04 Å². The summed E-state index contributed by atoms with van der Waals surface area (Å²) in [7, 11) is 0. The van der Waals surface area contributed by atoms with Crippen LogP contribution in [0.25, 0.3) is 0 Å². The minimum Gasteiger partial charge on any atom is -0.309 e. The van der Waals surface area contributed by atoms with Crippen molar-refractivity contribution in [3.05, 3.63) is 20.8 Å². The second kappa shape index (κ2) is 6.55. The molecule has 86 valence electrons. The molecule has 0 saturated carbocycles. The summed E-state index contributed by atoms with van der Waals surface area (Å²) in [4.78, 5) is 0.982. The molecule has 0 bridgehead atoms. The van der Waals surface area contributed by atoms with Gasteiger partial charge in [0.15, 0.2) is 0 Å². The number of rotatable bonds is 6. The molecule has 1 N–H and O–H groups in total. The Balaban J connectivity index is 2.50. The number of alkyl halides is 2. The van der Waals surface area contributed by atoms with E-state index in [2.05, 4.69) is 21.2 Å². The molecule has 15 heavy (non-hydrogen) atoms. The van der Waals surface area contributed by atoms with Crippen LogP contribution in [0.4, 0.5) is 8.78 Å². The highest BCUT2D eigenvalue weighted by atomic mass is 79.9. The Morgan fingerprint density at radius 2 is 2.27 bits per heavy atom. The first kappa shape index (κ1) is 13.1. The van der Waals surface area contributed by atoms with Gasteiger partial charge in [-0.1, -0.05) is 6.92 Å². The minimum absolute atomic E-state index is 0.397. The maximum Gasteiger partial charge on any atom is 0.254 e. The molecule has 0 aliphatic carbocycles. The maximum atomic E-state index is 12.6. The monoisotopic (exact) mass is 297 g/mol. The summed E-state index contributed by atoms with van der Waals surface area (Å²) in [6, 6.07) is 1.17. The summed E-state index contributed by atoms with van der Waals surface area (Å²) in [6.45, 7) is 2.61. The van der Waals surface area contributed by atoms with Gasteiger partial charge in [-0.25, -0.2) is 8.78 Å². The average molecular weight is 298 g/mol. The molecule has 1 aromatic rings. The van der Waals surface area contributed by atoms with Crippen molar-refractivity contribution < 1.29 is 8.78 Å². The molecule has 0 aliphatic heterocycles. The Morgan fingerprint density at radius 3 is 2.73 bits per heavy atom. The van der Waals surface area contributed by atoms with Gasteiger partial charge < -0.3 is 5.32 Å². The van der Waals surface area contributed by atoms with E-state index in [1.54, 1.807) is 0 Å². The largest absolute Gasteiger partial charge is 0.309 e. The fourth-order valence-corrected chi connectivity index (χ4v) is 2.77. The van der Waals surface area contributed by atoms with Crippen molar-refractivity contribution in [2.75, 3.05) is 6.54 Å². The zero-order chi connectivity index (χ0) is 11.3. The Morgan fingerprint density at radius 1 is 1.53 bits per heavy atom. The summed E-state index contributed by atoms with van der Waals surface area (Å²) in [5.41, 5.74) is 0. The van der Waals surface area contributed by atoms with Gasteiger partial charge in [0.1, 0.15) is 0 Å². The minimum atomic E-state index is -2.31. The summed E-state index contributed by atoms with van der Waals surface area (Å²) >= 11 is 4.82. The van der Waals surface area contributed by atoms with Crippen LogP contribution in [0.5, 0.6) is 0 Å². The molecule has 0 spiro atoms. The molecule has 1 rings (SSSR count). The smallest absolute Gasteiger partial charge is 0.254 e. The molecule has 0 aromatic carbocycles. The van der Waals surface area contributed by atoms with Crippen LogP contribution in [0.2, 0.25) is 0 Å². The molecule has 0 amide bonds. The van der Waals surface area contributed by atoms with Crippen LogP contribution in [-0.4, -0.2) is 19.0 Å². The van der Waals surface area contributed by atoms with Crippen molar-refractivity contribution in [2.45, 2.75) is 32.2 Å². The Kier molecular flexibility index (Phi) is 5.71. The van der Waals surface area contributed by atoms with Crippen molar-refractivity contribution in [3.63, 3.8) is 0 Å². The third-order valence-corrected chi connectivity index (χ3v) is 3.72. The SMILES string of the molecule is CCCNC(Cc1cc(Br)cs1)C(F)F. The molecule has 0 radical (unpaired) electrons. The van der Waals surface area contributed by atoms with Crippen molar-refractivity contribution in [1.82, 2.24) is 5.32 Å². The molecule has 0 fully saturated rings. The fraction of sp³-hybridized carbons (Fsp3) is 0.600. The van der Waals surface area contributed by atoms with Crippen molar-refractivity contribution in [3.8, 4) is 0 Å². The van der Waals surface area contributed by atoms with Gasteiger partial charge in [0.25, 0.3) is 6.43 Å². The van der Waals surface area contributed by atoms with E-state index in [0.717, 1.165) is 15.8 Å². The fourth-order valence-electron chi connectivity index (χ4n) is 1.26. The van der Waals surface area contributed by atoms with Gasteiger partial charge in [0, 0.05) is 21.2 Å². The summed E-state index contributed by atoms with van der Waals surface area (Å²) in [5.74, 6) is 0. The van der Waals surface area contributed by atoms with Crippen molar-refractivity contribution in [1.29, 1.82) is 0 Å². The number of halogens is 3. The molecule has 0 aliphatic rings. The highest BCUT2D eigenvalue weighted by molar-refractivity contribution is 9.10. The molecule has 5 heteroatoms. The zero-order valence-electron chi connectivity index (χ0n) is 8.47. The Labute approximate surface area is 101 Å². The first-order valence-corrected chi connectivity index (χ1v) is 6.55. The zero-order valence-corrected chi connectivity index (χ0v) is 10.9. The van der Waals surface area contributed by atoms with Gasteiger partial charge >= 0.3 is 0 Å². The number of hydrogen-bond donors (Lipinski definition) is 1. The summed E-state index contributed by atoms with van der Waals surface area (Å²) in [5, 5.41) is 4.78. The second-order valence-corrected chi connectivity index (χ2v) is 5.24. The predicted molar refractivity (Wildman–Crippen MR) is 63.8 cm³/mol. The number of hydrogen-bond acceptors (Lipinski definition) is 2. The molecule has 1 heterocycles. The average Bonchev–Trinajstić information content (AvgIpc) is 2.58. The predicted octanol–water partition coefficient (Wildman–Crippen LogP) is 3.69. The molecule has 1 atom stereocenters. The van der Waals surface area contributed by atoms with E-state index in [-0.39, 0.29) is 0 Å². The molecular formula is C10H14BrF2NS. The van der Waals surface area contributed by atoms with Crippen LogP contribution in [0, 0.1) is 0 Å². The quantitative estimate of drug-likeness (QED) is 0.844. The molecule has 1 unspecified atom stereocenters. The summed E-state index contributed by atoms with van der Waals surface area (Å²) in [6.07, 6.45) is -1.04.